The summed E-state index contributed by atoms with van der Waals surface area (Å²) in [4.78, 5) is 25.9. The minimum atomic E-state index is -0.881. The molecule has 0 bridgehead atoms. The number of rotatable bonds is 5. The third-order valence-electron chi connectivity index (χ3n) is 5.64. The Morgan fingerprint density at radius 2 is 2.08 bits per heavy atom. The fourth-order valence-electron chi connectivity index (χ4n) is 4.27. The molecule has 1 N–H and O–H groups in total. The van der Waals surface area contributed by atoms with E-state index >= 15 is 0 Å². The Bertz CT molecular complexity index is 817. The van der Waals surface area contributed by atoms with Crippen molar-refractivity contribution in [1.82, 2.24) is 0 Å². The maximum atomic E-state index is 13.1. The van der Waals surface area contributed by atoms with Crippen LogP contribution >= 0.6 is 0 Å². The fourth-order valence-corrected chi connectivity index (χ4v) is 4.27. The van der Waals surface area contributed by atoms with Crippen molar-refractivity contribution in [1.29, 1.82) is 0 Å². The van der Waals surface area contributed by atoms with Gasteiger partial charge in [-0.1, -0.05) is 43.9 Å². The number of benzene rings is 1. The highest BCUT2D eigenvalue weighted by Gasteiger charge is 2.55. The van der Waals surface area contributed by atoms with E-state index in [1.807, 2.05) is 37.3 Å². The SMILES string of the molecule is C=CC1=CCC2C(=O)C(C)=CC(=O)C2(C)C1c1ccccc1OCCO. The van der Waals surface area contributed by atoms with Gasteiger partial charge in [0.1, 0.15) is 12.4 Å². The molecule has 0 amide bonds. The van der Waals surface area contributed by atoms with E-state index in [0.29, 0.717) is 17.7 Å². The highest BCUT2D eigenvalue weighted by Crippen LogP contribution is 2.55. The quantitative estimate of drug-likeness (QED) is 0.882. The third-order valence-corrected chi connectivity index (χ3v) is 5.64. The second kappa shape index (κ2) is 7.04. The van der Waals surface area contributed by atoms with Crippen LogP contribution in [0.5, 0.6) is 5.75 Å². The molecule has 26 heavy (non-hydrogen) atoms. The first-order valence-electron chi connectivity index (χ1n) is 8.87. The first-order valence-corrected chi connectivity index (χ1v) is 8.87. The standard InChI is InChI=1S/C22H24O4/c1-4-15-9-10-17-21(25)14(2)13-19(24)22(17,3)20(15)16-7-5-6-8-18(16)26-12-11-23/h4-9,13,17,20,23H,1,10-12H2,2-3H3. The topological polar surface area (TPSA) is 63.6 Å². The molecule has 3 atom stereocenters. The van der Waals surface area contributed by atoms with Crippen molar-refractivity contribution in [2.45, 2.75) is 26.2 Å². The molecule has 0 spiro atoms. The van der Waals surface area contributed by atoms with Crippen molar-refractivity contribution < 1.29 is 19.4 Å². The Balaban J connectivity index is 2.19. The number of carbonyl (C=O) groups excluding carboxylic acids is 2. The molecule has 1 aromatic rings. The Morgan fingerprint density at radius 1 is 1.35 bits per heavy atom. The van der Waals surface area contributed by atoms with Gasteiger partial charge in [0, 0.05) is 17.4 Å². The molecule has 3 rings (SSSR count). The number of ether oxygens (including phenoxy) is 1. The number of fused-ring (bicyclic) bond motifs is 1. The van der Waals surface area contributed by atoms with Crippen molar-refractivity contribution >= 4 is 11.6 Å². The third kappa shape index (κ3) is 2.74. The fraction of sp³-hybridized carbons (Fsp3) is 0.364. The predicted molar refractivity (Wildman–Crippen MR) is 100 cm³/mol. The van der Waals surface area contributed by atoms with Crippen LogP contribution in [0.4, 0.5) is 0 Å². The van der Waals surface area contributed by atoms with Gasteiger partial charge in [0.15, 0.2) is 11.6 Å². The lowest BCUT2D eigenvalue weighted by Crippen LogP contribution is -2.49. The molecule has 0 heterocycles. The lowest BCUT2D eigenvalue weighted by Gasteiger charge is -2.47. The van der Waals surface area contributed by atoms with Crippen molar-refractivity contribution in [3.8, 4) is 5.75 Å². The van der Waals surface area contributed by atoms with Crippen LogP contribution in [0.15, 0.2) is 60.2 Å². The zero-order valence-corrected chi connectivity index (χ0v) is 15.2. The van der Waals surface area contributed by atoms with Crippen molar-refractivity contribution in [2.24, 2.45) is 11.3 Å². The van der Waals surface area contributed by atoms with Crippen LogP contribution < -0.4 is 4.74 Å². The Morgan fingerprint density at radius 3 is 2.77 bits per heavy atom. The number of aliphatic hydroxyl groups excluding tert-OH is 1. The zero-order valence-electron chi connectivity index (χ0n) is 15.2. The summed E-state index contributed by atoms with van der Waals surface area (Å²) in [6.45, 7) is 7.58. The molecule has 0 aromatic heterocycles. The van der Waals surface area contributed by atoms with E-state index < -0.39 is 5.41 Å². The van der Waals surface area contributed by atoms with Gasteiger partial charge in [-0.25, -0.2) is 0 Å². The molecule has 0 radical (unpaired) electrons. The number of carbonyl (C=O) groups is 2. The summed E-state index contributed by atoms with van der Waals surface area (Å²) in [5.41, 5.74) is 1.41. The van der Waals surface area contributed by atoms with E-state index in [1.165, 1.54) is 6.08 Å². The number of aliphatic hydroxyl groups is 1. The minimum absolute atomic E-state index is 0.0326. The summed E-state index contributed by atoms with van der Waals surface area (Å²) in [5, 5.41) is 9.11. The van der Waals surface area contributed by atoms with Gasteiger partial charge in [0.2, 0.25) is 0 Å². The van der Waals surface area contributed by atoms with Gasteiger partial charge in [-0.2, -0.15) is 0 Å². The molecule has 0 fully saturated rings. The summed E-state index contributed by atoms with van der Waals surface area (Å²) in [7, 11) is 0. The second-order valence-electron chi connectivity index (χ2n) is 7.08. The number of ketones is 2. The van der Waals surface area contributed by atoms with Gasteiger partial charge in [-0.3, -0.25) is 9.59 Å². The number of allylic oxidation sites excluding steroid dienone is 5. The molecule has 0 saturated heterocycles. The van der Waals surface area contributed by atoms with Crippen LogP contribution in [0.25, 0.3) is 0 Å². The monoisotopic (exact) mass is 352 g/mol. The smallest absolute Gasteiger partial charge is 0.163 e. The summed E-state index contributed by atoms with van der Waals surface area (Å²) in [6.07, 6.45) is 5.79. The Hall–Kier alpha value is -2.46. The van der Waals surface area contributed by atoms with Gasteiger partial charge in [-0.05, 0) is 36.6 Å². The molecule has 0 saturated carbocycles. The molecule has 3 unspecified atom stereocenters. The Kier molecular flexibility index (Phi) is 4.97. The van der Waals surface area contributed by atoms with Crippen LogP contribution in [0, 0.1) is 11.3 Å². The van der Waals surface area contributed by atoms with Gasteiger partial charge < -0.3 is 9.84 Å². The lowest BCUT2D eigenvalue weighted by molar-refractivity contribution is -0.137. The van der Waals surface area contributed by atoms with Crippen molar-refractivity contribution in [2.75, 3.05) is 13.2 Å². The molecule has 4 heteroatoms. The number of para-hydroxylation sites is 1. The number of Topliss-reactive ketones (excluding diaryl/α,β-unsaturated/α-hetero) is 1. The van der Waals surface area contributed by atoms with Crippen LogP contribution in [-0.4, -0.2) is 29.9 Å². The first-order chi connectivity index (χ1) is 12.4. The van der Waals surface area contributed by atoms with E-state index in [1.54, 1.807) is 13.0 Å². The minimum Gasteiger partial charge on any atom is -0.491 e. The second-order valence-corrected chi connectivity index (χ2v) is 7.08. The van der Waals surface area contributed by atoms with E-state index in [4.69, 9.17) is 9.84 Å². The largest absolute Gasteiger partial charge is 0.491 e. The van der Waals surface area contributed by atoms with Crippen LogP contribution in [-0.2, 0) is 9.59 Å². The highest BCUT2D eigenvalue weighted by molar-refractivity contribution is 6.13. The van der Waals surface area contributed by atoms with Gasteiger partial charge in [0.05, 0.1) is 12.0 Å². The van der Waals surface area contributed by atoms with Crippen LogP contribution in [0.1, 0.15) is 31.7 Å². The van der Waals surface area contributed by atoms with E-state index in [9.17, 15) is 9.59 Å². The van der Waals surface area contributed by atoms with Crippen molar-refractivity contribution in [3.63, 3.8) is 0 Å². The zero-order chi connectivity index (χ0) is 18.9. The molecule has 2 aliphatic carbocycles. The predicted octanol–water partition coefficient (Wildman–Crippen LogP) is 3.38. The van der Waals surface area contributed by atoms with Crippen molar-refractivity contribution in [3.05, 3.63) is 65.8 Å². The summed E-state index contributed by atoms with van der Waals surface area (Å²) in [5.74, 6) is -0.0963. The van der Waals surface area contributed by atoms with Gasteiger partial charge >= 0.3 is 0 Å². The number of hydrogen-bond donors (Lipinski definition) is 1. The Labute approximate surface area is 153 Å². The van der Waals surface area contributed by atoms with E-state index in [0.717, 1.165) is 11.1 Å². The maximum absolute atomic E-state index is 13.1. The van der Waals surface area contributed by atoms with Gasteiger partial charge in [0.25, 0.3) is 0 Å². The first kappa shape index (κ1) is 18.3. The molecular weight excluding hydrogens is 328 g/mol. The van der Waals surface area contributed by atoms with E-state index in [-0.39, 0.29) is 36.6 Å². The van der Waals surface area contributed by atoms with E-state index in [2.05, 4.69) is 6.58 Å². The highest BCUT2D eigenvalue weighted by atomic mass is 16.5. The summed E-state index contributed by atoms with van der Waals surface area (Å²) in [6, 6.07) is 7.50. The van der Waals surface area contributed by atoms with Gasteiger partial charge in [-0.15, -0.1) is 0 Å². The summed E-state index contributed by atoms with van der Waals surface area (Å²) < 4.78 is 5.72. The normalized spacial score (nSPS) is 28.1. The molecule has 1 aromatic carbocycles. The molecular formula is C22H24O4. The molecule has 4 nitrogen and oxygen atoms in total. The molecule has 136 valence electrons. The van der Waals surface area contributed by atoms with Crippen LogP contribution in [0.2, 0.25) is 0 Å². The maximum Gasteiger partial charge on any atom is 0.163 e. The average Bonchev–Trinajstić information content (AvgIpc) is 2.64. The lowest BCUT2D eigenvalue weighted by atomic mass is 9.53. The van der Waals surface area contributed by atoms with Crippen LogP contribution in [0.3, 0.4) is 0 Å². The molecule has 2 aliphatic rings. The summed E-state index contributed by atoms with van der Waals surface area (Å²) >= 11 is 0. The number of hydrogen-bond acceptors (Lipinski definition) is 4. The average molecular weight is 352 g/mol. The molecule has 0 aliphatic heterocycles.